The summed E-state index contributed by atoms with van der Waals surface area (Å²) in [6, 6.07) is 2.28. The Balaban J connectivity index is 3.56. The lowest BCUT2D eigenvalue weighted by atomic mass is 10.3. The molecule has 1 aromatic rings. The average Bonchev–Trinajstić information content (AvgIpc) is 1.94. The summed E-state index contributed by atoms with van der Waals surface area (Å²) in [6.07, 6.45) is 0. The van der Waals surface area contributed by atoms with Crippen molar-refractivity contribution in [2.75, 3.05) is 0 Å². The van der Waals surface area contributed by atoms with E-state index in [1.165, 1.54) is 6.07 Å². The Kier molecular flexibility index (Phi) is 3.22. The fraction of sp³-hybridized carbons (Fsp3) is 0. The summed E-state index contributed by atoms with van der Waals surface area (Å²) in [5.41, 5.74) is 0. The van der Waals surface area contributed by atoms with Crippen LogP contribution >= 0.6 is 38.2 Å². The van der Waals surface area contributed by atoms with E-state index in [4.69, 9.17) is 22.3 Å². The van der Waals surface area contributed by atoms with Gasteiger partial charge < -0.3 is 0 Å². The molecule has 0 unspecified atom stereocenters. The zero-order valence-electron chi connectivity index (χ0n) is 5.89. The molecule has 0 radical (unpaired) electrons. The quantitative estimate of drug-likeness (QED) is 0.590. The fourth-order valence-corrected chi connectivity index (χ4v) is 2.65. The van der Waals surface area contributed by atoms with Gasteiger partial charge in [-0.25, -0.2) is 12.8 Å². The van der Waals surface area contributed by atoms with Gasteiger partial charge in [-0.15, -0.1) is 0 Å². The van der Waals surface area contributed by atoms with E-state index in [0.29, 0.717) is 4.47 Å². The minimum Gasteiger partial charge on any atom is -0.207 e. The van der Waals surface area contributed by atoms with E-state index in [-0.39, 0.29) is 5.02 Å². The van der Waals surface area contributed by atoms with Crippen LogP contribution in [-0.2, 0) is 9.05 Å². The first-order valence-electron chi connectivity index (χ1n) is 2.91. The minimum absolute atomic E-state index is 0.298. The highest BCUT2D eigenvalue weighted by Gasteiger charge is 2.19. The van der Waals surface area contributed by atoms with Crippen molar-refractivity contribution in [3.63, 3.8) is 0 Å². The van der Waals surface area contributed by atoms with Gasteiger partial charge in [0.1, 0.15) is 4.90 Å². The maximum absolute atomic E-state index is 13.1. The maximum Gasteiger partial charge on any atom is 0.264 e. The number of hydrogen-bond donors (Lipinski definition) is 0. The van der Waals surface area contributed by atoms with Crippen LogP contribution in [-0.4, -0.2) is 8.42 Å². The molecule has 0 bridgehead atoms. The van der Waals surface area contributed by atoms with Gasteiger partial charge in [-0.1, -0.05) is 27.5 Å². The standard InChI is InChI=1S/C6H2BrCl2FO2S/c7-3-1-4(8)6(10)5(2-3)13(9,11)12/h1-2H. The second-order valence-corrected chi connectivity index (χ2v) is 5.99. The summed E-state index contributed by atoms with van der Waals surface area (Å²) in [7, 11) is 0.865. The molecule has 0 spiro atoms. The van der Waals surface area contributed by atoms with E-state index >= 15 is 0 Å². The van der Waals surface area contributed by atoms with Gasteiger partial charge in [-0.3, -0.25) is 0 Å². The van der Waals surface area contributed by atoms with Crippen LogP contribution in [0.5, 0.6) is 0 Å². The van der Waals surface area contributed by atoms with E-state index in [1.807, 2.05) is 0 Å². The molecule has 0 aliphatic heterocycles. The Morgan fingerprint density at radius 2 is 1.92 bits per heavy atom. The third-order valence-electron chi connectivity index (χ3n) is 1.22. The molecule has 0 saturated carbocycles. The van der Waals surface area contributed by atoms with Crippen LogP contribution in [0.1, 0.15) is 0 Å². The fourth-order valence-electron chi connectivity index (χ4n) is 0.710. The average molecular weight is 308 g/mol. The van der Waals surface area contributed by atoms with Crippen molar-refractivity contribution < 1.29 is 12.8 Å². The summed E-state index contributed by atoms with van der Waals surface area (Å²) in [5.74, 6) is -1.04. The van der Waals surface area contributed by atoms with Gasteiger partial charge in [0.05, 0.1) is 5.02 Å². The van der Waals surface area contributed by atoms with Crippen LogP contribution in [0.3, 0.4) is 0 Å². The Labute approximate surface area is 92.2 Å². The molecule has 0 heterocycles. The highest BCUT2D eigenvalue weighted by molar-refractivity contribution is 9.10. The molecular formula is C6H2BrCl2FO2S. The van der Waals surface area contributed by atoms with Gasteiger partial charge >= 0.3 is 0 Å². The van der Waals surface area contributed by atoms with Crippen molar-refractivity contribution in [2.45, 2.75) is 4.90 Å². The van der Waals surface area contributed by atoms with Gasteiger partial charge in [-0.2, -0.15) is 0 Å². The van der Waals surface area contributed by atoms with Crippen molar-refractivity contribution >= 4 is 47.3 Å². The van der Waals surface area contributed by atoms with Gasteiger partial charge in [0, 0.05) is 15.2 Å². The monoisotopic (exact) mass is 306 g/mol. The van der Waals surface area contributed by atoms with Crippen molar-refractivity contribution in [3.05, 3.63) is 27.4 Å². The van der Waals surface area contributed by atoms with Crippen LogP contribution in [0.25, 0.3) is 0 Å². The summed E-state index contributed by atoms with van der Waals surface area (Å²) in [5, 5.41) is -0.298. The molecular weight excluding hydrogens is 306 g/mol. The number of rotatable bonds is 1. The zero-order chi connectivity index (χ0) is 10.2. The first kappa shape index (κ1) is 11.2. The lowest BCUT2D eigenvalue weighted by molar-refractivity contribution is 0.575. The zero-order valence-corrected chi connectivity index (χ0v) is 9.81. The van der Waals surface area contributed by atoms with E-state index in [9.17, 15) is 12.8 Å². The lowest BCUT2D eigenvalue weighted by Gasteiger charge is -2.01. The molecule has 0 aromatic heterocycles. The van der Waals surface area contributed by atoms with Crippen LogP contribution in [0.15, 0.2) is 21.5 Å². The smallest absolute Gasteiger partial charge is 0.207 e. The van der Waals surface area contributed by atoms with Crippen molar-refractivity contribution in [3.8, 4) is 0 Å². The predicted octanol–water partition coefficient (Wildman–Crippen LogP) is 3.17. The lowest BCUT2D eigenvalue weighted by Crippen LogP contribution is -1.96. The third-order valence-corrected chi connectivity index (χ3v) is 3.28. The van der Waals surface area contributed by atoms with Gasteiger partial charge in [0.25, 0.3) is 9.05 Å². The molecule has 0 saturated heterocycles. The Morgan fingerprint density at radius 3 is 2.38 bits per heavy atom. The molecule has 72 valence electrons. The molecule has 2 nitrogen and oxygen atoms in total. The number of halogens is 4. The molecule has 1 aromatic carbocycles. The summed E-state index contributed by atoms with van der Waals surface area (Å²) < 4.78 is 35.0. The van der Waals surface area contributed by atoms with E-state index in [2.05, 4.69) is 15.9 Å². The number of benzene rings is 1. The molecule has 0 fully saturated rings. The predicted molar refractivity (Wildman–Crippen MR) is 52.1 cm³/mol. The van der Waals surface area contributed by atoms with E-state index in [1.54, 1.807) is 0 Å². The highest BCUT2D eigenvalue weighted by atomic mass is 79.9. The Hall–Kier alpha value is 0.160. The minimum atomic E-state index is -4.10. The SMILES string of the molecule is O=S(=O)(Cl)c1cc(Br)cc(Cl)c1F. The maximum atomic E-state index is 13.1. The molecule has 13 heavy (non-hydrogen) atoms. The topological polar surface area (TPSA) is 34.1 Å². The normalized spacial score (nSPS) is 11.7. The van der Waals surface area contributed by atoms with Crippen molar-refractivity contribution in [1.82, 2.24) is 0 Å². The summed E-state index contributed by atoms with van der Waals surface area (Å²) >= 11 is 8.36. The first-order valence-corrected chi connectivity index (χ1v) is 6.39. The van der Waals surface area contributed by atoms with Crippen LogP contribution in [0.4, 0.5) is 4.39 Å². The third kappa shape index (κ3) is 2.56. The van der Waals surface area contributed by atoms with Gasteiger partial charge in [0.15, 0.2) is 5.82 Å². The first-order chi connectivity index (χ1) is 5.82. The van der Waals surface area contributed by atoms with E-state index < -0.39 is 19.8 Å². The largest absolute Gasteiger partial charge is 0.264 e. The second kappa shape index (κ2) is 3.73. The van der Waals surface area contributed by atoms with Crippen molar-refractivity contribution in [2.24, 2.45) is 0 Å². The van der Waals surface area contributed by atoms with Crippen LogP contribution < -0.4 is 0 Å². The Morgan fingerprint density at radius 1 is 1.38 bits per heavy atom. The summed E-state index contributed by atoms with van der Waals surface area (Å²) in [4.78, 5) is -0.631. The van der Waals surface area contributed by atoms with Crippen LogP contribution in [0, 0.1) is 5.82 Å². The summed E-state index contributed by atoms with van der Waals surface area (Å²) in [6.45, 7) is 0. The molecule has 0 N–H and O–H groups in total. The molecule has 0 amide bonds. The second-order valence-electron chi connectivity index (χ2n) is 2.14. The molecule has 0 atom stereocenters. The Bertz CT molecular complexity index is 446. The van der Waals surface area contributed by atoms with E-state index in [0.717, 1.165) is 6.07 Å². The molecule has 7 heteroatoms. The van der Waals surface area contributed by atoms with Gasteiger partial charge in [0.2, 0.25) is 0 Å². The van der Waals surface area contributed by atoms with Gasteiger partial charge in [-0.05, 0) is 12.1 Å². The number of hydrogen-bond acceptors (Lipinski definition) is 2. The van der Waals surface area contributed by atoms with Crippen LogP contribution in [0.2, 0.25) is 5.02 Å². The molecule has 0 aliphatic rings. The van der Waals surface area contributed by atoms with Crippen molar-refractivity contribution in [1.29, 1.82) is 0 Å². The molecule has 0 aliphatic carbocycles. The molecule has 1 rings (SSSR count). The highest BCUT2D eigenvalue weighted by Crippen LogP contribution is 2.28.